The summed E-state index contributed by atoms with van der Waals surface area (Å²) < 4.78 is 13.8. The van der Waals surface area contributed by atoms with Crippen LogP contribution in [-0.4, -0.2) is 27.9 Å². The SMILES string of the molecule is C=C(/C=c1/c(-c2cc3c(-c4ccc(F)s4)cccc3[nH]2)n[nH]/c1=C/C)C1=CCN=CC(CC2CCCCC2)=C1. The minimum atomic E-state index is -0.183. The maximum atomic E-state index is 13.8. The van der Waals surface area contributed by atoms with Gasteiger partial charge in [0.05, 0.1) is 17.6 Å². The van der Waals surface area contributed by atoms with Gasteiger partial charge in [-0.3, -0.25) is 10.1 Å². The van der Waals surface area contributed by atoms with Crippen molar-refractivity contribution in [1.29, 1.82) is 0 Å². The number of hydrogen-bond acceptors (Lipinski definition) is 3. The van der Waals surface area contributed by atoms with Crippen LogP contribution in [0.15, 0.2) is 76.8 Å². The first kappa shape index (κ1) is 25.5. The van der Waals surface area contributed by atoms with Crippen molar-refractivity contribution < 1.29 is 4.39 Å². The maximum absolute atomic E-state index is 13.8. The predicted octanol–water partition coefficient (Wildman–Crippen LogP) is 7.47. The molecule has 0 radical (unpaired) electrons. The summed E-state index contributed by atoms with van der Waals surface area (Å²) in [5, 5.41) is 10.7. The van der Waals surface area contributed by atoms with Gasteiger partial charge in [-0.25, -0.2) is 0 Å². The molecule has 0 amide bonds. The molecule has 39 heavy (non-hydrogen) atoms. The number of nitrogens with zero attached hydrogens (tertiary/aromatic N) is 2. The van der Waals surface area contributed by atoms with Crippen LogP contribution in [0.3, 0.4) is 0 Å². The number of rotatable bonds is 6. The summed E-state index contributed by atoms with van der Waals surface area (Å²) in [6.07, 6.45) is 18.4. The summed E-state index contributed by atoms with van der Waals surface area (Å²) >= 11 is 1.16. The fourth-order valence-electron chi connectivity index (χ4n) is 5.83. The van der Waals surface area contributed by atoms with Crippen LogP contribution in [0.5, 0.6) is 0 Å². The zero-order valence-corrected chi connectivity index (χ0v) is 23.1. The van der Waals surface area contributed by atoms with Gasteiger partial charge in [-0.15, -0.1) is 11.3 Å². The average molecular weight is 537 g/mol. The summed E-state index contributed by atoms with van der Waals surface area (Å²) in [4.78, 5) is 9.08. The van der Waals surface area contributed by atoms with E-state index in [1.165, 1.54) is 43.7 Å². The fraction of sp³-hybridized carbons (Fsp3) is 0.273. The predicted molar refractivity (Wildman–Crippen MR) is 163 cm³/mol. The molecular weight excluding hydrogens is 503 g/mol. The summed E-state index contributed by atoms with van der Waals surface area (Å²) in [5.74, 6) is 0.757. The van der Waals surface area contributed by atoms with Gasteiger partial charge < -0.3 is 4.98 Å². The molecule has 0 saturated heterocycles. The summed E-state index contributed by atoms with van der Waals surface area (Å²) in [6, 6.07) is 11.5. The largest absolute Gasteiger partial charge is 0.353 e. The molecule has 6 rings (SSSR count). The van der Waals surface area contributed by atoms with Crippen LogP contribution in [-0.2, 0) is 0 Å². The lowest BCUT2D eigenvalue weighted by Crippen LogP contribution is -2.23. The normalized spacial score (nSPS) is 17.5. The number of hydrogen-bond donors (Lipinski definition) is 2. The second-order valence-electron chi connectivity index (χ2n) is 10.5. The zero-order chi connectivity index (χ0) is 26.8. The lowest BCUT2D eigenvalue weighted by Gasteiger charge is -2.21. The molecule has 2 aliphatic rings. The van der Waals surface area contributed by atoms with Crippen LogP contribution < -0.4 is 10.6 Å². The van der Waals surface area contributed by atoms with E-state index in [4.69, 9.17) is 5.10 Å². The van der Waals surface area contributed by atoms with Gasteiger partial charge in [0.2, 0.25) is 0 Å². The first-order valence-electron chi connectivity index (χ1n) is 13.8. The van der Waals surface area contributed by atoms with E-state index >= 15 is 0 Å². The highest BCUT2D eigenvalue weighted by Gasteiger charge is 2.16. The Labute approximate surface area is 232 Å². The third-order valence-electron chi connectivity index (χ3n) is 7.83. The first-order chi connectivity index (χ1) is 19.1. The lowest BCUT2D eigenvalue weighted by atomic mass is 9.84. The molecule has 4 aromatic rings. The Morgan fingerprint density at radius 1 is 1.18 bits per heavy atom. The van der Waals surface area contributed by atoms with Gasteiger partial charge in [0.25, 0.3) is 0 Å². The minimum absolute atomic E-state index is 0.183. The van der Waals surface area contributed by atoms with Crippen molar-refractivity contribution >= 4 is 40.6 Å². The molecule has 0 bridgehead atoms. The van der Waals surface area contributed by atoms with Crippen molar-refractivity contribution in [3.63, 3.8) is 0 Å². The minimum Gasteiger partial charge on any atom is -0.353 e. The van der Waals surface area contributed by atoms with E-state index in [1.54, 1.807) is 0 Å². The fourth-order valence-corrected chi connectivity index (χ4v) is 6.60. The summed E-state index contributed by atoms with van der Waals surface area (Å²) in [7, 11) is 0. The van der Waals surface area contributed by atoms with Gasteiger partial charge in [-0.2, -0.15) is 9.49 Å². The third kappa shape index (κ3) is 5.39. The highest BCUT2D eigenvalue weighted by atomic mass is 32.1. The first-order valence-corrected chi connectivity index (χ1v) is 14.6. The van der Waals surface area contributed by atoms with E-state index in [-0.39, 0.29) is 5.13 Å². The van der Waals surface area contributed by atoms with Crippen molar-refractivity contribution in [3.8, 4) is 21.8 Å². The van der Waals surface area contributed by atoms with Crippen molar-refractivity contribution in [2.45, 2.75) is 45.4 Å². The number of benzene rings is 1. The van der Waals surface area contributed by atoms with Gasteiger partial charge >= 0.3 is 0 Å². The number of aromatic nitrogens is 3. The van der Waals surface area contributed by atoms with E-state index in [2.05, 4.69) is 52.2 Å². The number of allylic oxidation sites excluding steroid dienone is 4. The second kappa shape index (κ2) is 11.1. The number of H-pyrrole nitrogens is 2. The molecule has 3 aromatic heterocycles. The van der Waals surface area contributed by atoms with Crippen molar-refractivity contribution in [2.24, 2.45) is 10.9 Å². The second-order valence-corrected chi connectivity index (χ2v) is 11.5. The molecule has 1 aromatic carbocycles. The van der Waals surface area contributed by atoms with Crippen molar-refractivity contribution in [2.75, 3.05) is 6.54 Å². The lowest BCUT2D eigenvalue weighted by molar-refractivity contribution is 0.359. The quantitative estimate of drug-likeness (QED) is 0.264. The molecule has 1 fully saturated rings. The Bertz CT molecular complexity index is 1740. The molecule has 198 valence electrons. The van der Waals surface area contributed by atoms with Crippen molar-refractivity contribution in [3.05, 3.63) is 87.5 Å². The Hall–Kier alpha value is -3.77. The standard InChI is InChI=1S/C33H33FN4S/c1-3-28-27(16-21(2)24-14-15-35-20-23(18-24)17-22-8-5-4-6-9-22)33(38-37-28)30-19-26-25(10-7-11-29(26)36-30)31-12-13-32(34)39-31/h3,7,10-14,16,18-20,22,36-37H,2,4-6,8-9,15,17H2,1H3/b27-16+,28-3+. The van der Waals surface area contributed by atoms with Crippen LogP contribution in [0.2, 0.25) is 0 Å². The number of fused-ring (bicyclic) bond motifs is 1. The maximum Gasteiger partial charge on any atom is 0.176 e. The Morgan fingerprint density at radius 3 is 2.85 bits per heavy atom. The molecule has 0 unspecified atom stereocenters. The molecule has 1 aliphatic carbocycles. The van der Waals surface area contributed by atoms with E-state index in [1.807, 2.05) is 37.3 Å². The number of aliphatic imine (C=N–C) groups is 1. The monoisotopic (exact) mass is 536 g/mol. The highest BCUT2D eigenvalue weighted by Crippen LogP contribution is 2.35. The third-order valence-corrected chi connectivity index (χ3v) is 8.74. The van der Waals surface area contributed by atoms with Gasteiger partial charge in [0, 0.05) is 32.8 Å². The number of thiophene rings is 1. The molecule has 1 aliphatic heterocycles. The molecule has 1 saturated carbocycles. The molecule has 0 atom stereocenters. The number of nitrogens with one attached hydrogen (secondary N) is 2. The molecule has 4 heterocycles. The summed E-state index contributed by atoms with van der Waals surface area (Å²) in [5.41, 5.74) is 7.10. The average Bonchev–Trinajstić information content (AvgIpc) is 3.64. The van der Waals surface area contributed by atoms with Crippen molar-refractivity contribution in [1.82, 2.24) is 15.2 Å². The Kier molecular flexibility index (Phi) is 7.29. The number of halogens is 1. The molecule has 4 nitrogen and oxygen atoms in total. The molecule has 2 N–H and O–H groups in total. The topological polar surface area (TPSA) is 56.8 Å². The van der Waals surface area contributed by atoms with Crippen LogP contribution in [0, 0.1) is 11.0 Å². The van der Waals surface area contributed by atoms with Gasteiger partial charge in [-0.1, -0.05) is 63.0 Å². The van der Waals surface area contributed by atoms with Gasteiger partial charge in [0.1, 0.15) is 5.69 Å². The smallest absolute Gasteiger partial charge is 0.176 e. The zero-order valence-electron chi connectivity index (χ0n) is 22.3. The number of aromatic amines is 2. The molecule has 6 heteroatoms. The van der Waals surface area contributed by atoms with Crippen LogP contribution in [0.1, 0.15) is 45.4 Å². The molecule has 0 spiro atoms. The molecular formula is C33H33FN4S. The van der Waals surface area contributed by atoms with E-state index in [0.717, 1.165) is 78.1 Å². The van der Waals surface area contributed by atoms with Crippen LogP contribution in [0.4, 0.5) is 4.39 Å². The summed E-state index contributed by atoms with van der Waals surface area (Å²) in [6.45, 7) is 7.13. The highest BCUT2D eigenvalue weighted by molar-refractivity contribution is 7.14. The Balaban J connectivity index is 1.36. The van der Waals surface area contributed by atoms with E-state index < -0.39 is 0 Å². The van der Waals surface area contributed by atoms with Gasteiger partial charge in [0.15, 0.2) is 5.13 Å². The van der Waals surface area contributed by atoms with E-state index in [9.17, 15) is 4.39 Å². The van der Waals surface area contributed by atoms with Crippen LogP contribution in [0.25, 0.3) is 44.9 Å². The Morgan fingerprint density at radius 2 is 2.05 bits per heavy atom. The van der Waals surface area contributed by atoms with Gasteiger partial charge in [-0.05, 0) is 72.4 Å². The van der Waals surface area contributed by atoms with E-state index in [0.29, 0.717) is 6.54 Å². The van der Waals surface area contributed by atoms with Crippen LogP contribution >= 0.6 is 11.3 Å².